The lowest BCUT2D eigenvalue weighted by Crippen LogP contribution is -2.36. The number of rotatable bonds is 6. The number of aryl methyl sites for hydroxylation is 1. The molecule has 2 atom stereocenters. The molecule has 0 unspecified atom stereocenters. The first-order valence-corrected chi connectivity index (χ1v) is 8.20. The van der Waals surface area contributed by atoms with Crippen LogP contribution < -0.4 is 5.32 Å². The van der Waals surface area contributed by atoms with Crippen molar-refractivity contribution in [3.05, 3.63) is 30.1 Å². The third-order valence-corrected chi connectivity index (χ3v) is 4.29. The van der Waals surface area contributed by atoms with Crippen LogP contribution in [0.3, 0.4) is 0 Å². The van der Waals surface area contributed by atoms with E-state index >= 15 is 0 Å². The highest BCUT2D eigenvalue weighted by Crippen LogP contribution is 2.20. The Bertz CT molecular complexity index is 755. The van der Waals surface area contributed by atoms with Gasteiger partial charge in [-0.25, -0.2) is 9.78 Å². The van der Waals surface area contributed by atoms with E-state index in [-0.39, 0.29) is 5.91 Å². The van der Waals surface area contributed by atoms with Crippen molar-refractivity contribution in [2.24, 2.45) is 0 Å². The second-order valence-electron chi connectivity index (χ2n) is 5.83. The SMILES string of the molecule is CCn1c(CCNC(=O)[C@@H]2CC[C@H](C(=O)O)O2)nc2ccccc21. The number of amides is 1. The Balaban J connectivity index is 1.57. The molecule has 128 valence electrons. The highest BCUT2D eigenvalue weighted by Gasteiger charge is 2.34. The molecule has 1 aromatic carbocycles. The Kier molecular flexibility index (Phi) is 4.80. The topological polar surface area (TPSA) is 93.5 Å². The number of nitrogens with one attached hydrogen (secondary N) is 1. The largest absolute Gasteiger partial charge is 0.479 e. The zero-order chi connectivity index (χ0) is 17.1. The Morgan fingerprint density at radius 3 is 2.79 bits per heavy atom. The summed E-state index contributed by atoms with van der Waals surface area (Å²) in [6.07, 6.45) is -0.111. The number of carbonyl (C=O) groups is 2. The zero-order valence-electron chi connectivity index (χ0n) is 13.6. The summed E-state index contributed by atoms with van der Waals surface area (Å²) in [5, 5.41) is 11.7. The summed E-state index contributed by atoms with van der Waals surface area (Å²) < 4.78 is 7.38. The number of fused-ring (bicyclic) bond motifs is 1. The van der Waals surface area contributed by atoms with Gasteiger partial charge in [0, 0.05) is 19.5 Å². The summed E-state index contributed by atoms with van der Waals surface area (Å²) in [5.74, 6) is -0.338. The second-order valence-corrected chi connectivity index (χ2v) is 5.83. The fourth-order valence-corrected chi connectivity index (χ4v) is 3.09. The molecule has 1 aliphatic rings. The maximum absolute atomic E-state index is 12.1. The summed E-state index contributed by atoms with van der Waals surface area (Å²) in [4.78, 5) is 27.5. The standard InChI is InChI=1S/C17H21N3O4/c1-2-20-12-6-4-3-5-11(12)19-15(20)9-10-18-16(21)13-7-8-14(24-13)17(22)23/h3-6,13-14H,2,7-10H2,1H3,(H,18,21)(H,22,23)/t13-,14+/m0/s1. The van der Waals surface area contributed by atoms with Gasteiger partial charge in [0.15, 0.2) is 6.10 Å². The Morgan fingerprint density at radius 2 is 2.08 bits per heavy atom. The molecular weight excluding hydrogens is 310 g/mol. The lowest BCUT2D eigenvalue weighted by atomic mass is 10.2. The monoisotopic (exact) mass is 331 g/mol. The third-order valence-electron chi connectivity index (χ3n) is 4.29. The summed E-state index contributed by atoms with van der Waals surface area (Å²) in [6, 6.07) is 7.95. The maximum atomic E-state index is 12.1. The van der Waals surface area contributed by atoms with Gasteiger partial charge < -0.3 is 19.7 Å². The number of carboxylic acid groups (broad SMARTS) is 1. The lowest BCUT2D eigenvalue weighted by Gasteiger charge is -2.12. The van der Waals surface area contributed by atoms with Crippen LogP contribution in [0.25, 0.3) is 11.0 Å². The molecule has 0 radical (unpaired) electrons. The Hall–Kier alpha value is -2.41. The first-order valence-electron chi connectivity index (χ1n) is 8.20. The van der Waals surface area contributed by atoms with Crippen molar-refractivity contribution < 1.29 is 19.4 Å². The normalized spacial score (nSPS) is 20.4. The molecule has 2 heterocycles. The molecule has 1 aromatic heterocycles. The molecule has 7 nitrogen and oxygen atoms in total. The fraction of sp³-hybridized carbons (Fsp3) is 0.471. The van der Waals surface area contributed by atoms with E-state index in [0.29, 0.717) is 25.8 Å². The number of benzene rings is 1. The van der Waals surface area contributed by atoms with Crippen molar-refractivity contribution in [1.82, 2.24) is 14.9 Å². The first kappa shape index (κ1) is 16.4. The molecule has 1 aliphatic heterocycles. The van der Waals surface area contributed by atoms with Crippen LogP contribution in [0, 0.1) is 0 Å². The highest BCUT2D eigenvalue weighted by molar-refractivity contribution is 5.82. The van der Waals surface area contributed by atoms with E-state index in [1.807, 2.05) is 24.3 Å². The van der Waals surface area contributed by atoms with Crippen LogP contribution in [0.5, 0.6) is 0 Å². The summed E-state index contributed by atoms with van der Waals surface area (Å²) in [7, 11) is 0. The van der Waals surface area contributed by atoms with Gasteiger partial charge in [0.2, 0.25) is 5.91 Å². The predicted molar refractivity (Wildman–Crippen MR) is 87.7 cm³/mol. The number of hydrogen-bond donors (Lipinski definition) is 2. The van der Waals surface area contributed by atoms with Crippen molar-refractivity contribution in [2.75, 3.05) is 6.54 Å². The van der Waals surface area contributed by atoms with Crippen LogP contribution in [-0.2, 0) is 27.3 Å². The highest BCUT2D eigenvalue weighted by atomic mass is 16.5. The number of aromatic nitrogens is 2. The van der Waals surface area contributed by atoms with Gasteiger partial charge in [0.05, 0.1) is 11.0 Å². The molecule has 1 saturated heterocycles. The molecule has 0 aliphatic carbocycles. The average Bonchev–Trinajstić information content (AvgIpc) is 3.19. The molecule has 2 N–H and O–H groups in total. The summed E-state index contributed by atoms with van der Waals surface area (Å²) in [5.41, 5.74) is 2.04. The van der Waals surface area contributed by atoms with Crippen LogP contribution in [0.15, 0.2) is 24.3 Å². The number of nitrogens with zero attached hydrogens (tertiary/aromatic N) is 2. The van der Waals surface area contributed by atoms with Crippen LogP contribution in [0.2, 0.25) is 0 Å². The molecule has 3 rings (SSSR count). The van der Waals surface area contributed by atoms with Gasteiger partial charge in [-0.15, -0.1) is 0 Å². The summed E-state index contributed by atoms with van der Waals surface area (Å²) >= 11 is 0. The molecule has 7 heteroatoms. The predicted octanol–water partition coefficient (Wildman–Crippen LogP) is 1.35. The maximum Gasteiger partial charge on any atom is 0.332 e. The van der Waals surface area contributed by atoms with E-state index in [4.69, 9.17) is 9.84 Å². The van der Waals surface area contributed by atoms with Crippen molar-refractivity contribution >= 4 is 22.9 Å². The number of carboxylic acids is 1. The molecular formula is C17H21N3O4. The first-order chi connectivity index (χ1) is 11.6. The van der Waals surface area contributed by atoms with Gasteiger partial charge in [-0.3, -0.25) is 4.79 Å². The van der Waals surface area contributed by atoms with E-state index in [1.165, 1.54) is 0 Å². The van der Waals surface area contributed by atoms with Gasteiger partial charge >= 0.3 is 5.97 Å². The van der Waals surface area contributed by atoms with E-state index in [2.05, 4.69) is 21.8 Å². The van der Waals surface area contributed by atoms with Gasteiger partial charge in [-0.2, -0.15) is 0 Å². The van der Waals surface area contributed by atoms with Crippen LogP contribution in [-0.4, -0.2) is 45.3 Å². The molecule has 24 heavy (non-hydrogen) atoms. The number of ether oxygens (including phenoxy) is 1. The molecule has 0 saturated carbocycles. The van der Waals surface area contributed by atoms with Crippen molar-refractivity contribution in [3.63, 3.8) is 0 Å². The molecule has 1 fully saturated rings. The average molecular weight is 331 g/mol. The minimum atomic E-state index is -1.01. The number of aliphatic carboxylic acids is 1. The van der Waals surface area contributed by atoms with Crippen LogP contribution in [0.4, 0.5) is 0 Å². The summed E-state index contributed by atoms with van der Waals surface area (Å²) in [6.45, 7) is 3.32. The van der Waals surface area contributed by atoms with Gasteiger partial charge in [0.25, 0.3) is 0 Å². The smallest absolute Gasteiger partial charge is 0.332 e. The Morgan fingerprint density at radius 1 is 1.33 bits per heavy atom. The number of imidazole rings is 1. The van der Waals surface area contributed by atoms with Crippen molar-refractivity contribution in [3.8, 4) is 0 Å². The zero-order valence-corrected chi connectivity index (χ0v) is 13.6. The minimum Gasteiger partial charge on any atom is -0.479 e. The number of carbonyl (C=O) groups excluding carboxylic acids is 1. The molecule has 0 spiro atoms. The number of para-hydroxylation sites is 2. The van der Waals surface area contributed by atoms with Crippen LogP contribution in [0.1, 0.15) is 25.6 Å². The Labute approximate surface area is 139 Å². The number of hydrogen-bond acceptors (Lipinski definition) is 4. The van der Waals surface area contributed by atoms with Gasteiger partial charge in [-0.1, -0.05) is 12.1 Å². The molecule has 2 aromatic rings. The molecule has 1 amide bonds. The van der Waals surface area contributed by atoms with Crippen LogP contribution >= 0.6 is 0 Å². The minimum absolute atomic E-state index is 0.252. The lowest BCUT2D eigenvalue weighted by molar-refractivity contribution is -0.151. The van der Waals surface area contributed by atoms with Gasteiger partial charge in [0.1, 0.15) is 11.9 Å². The molecule has 0 bridgehead atoms. The van der Waals surface area contributed by atoms with E-state index < -0.39 is 18.2 Å². The van der Waals surface area contributed by atoms with Crippen molar-refractivity contribution in [2.45, 2.75) is 44.9 Å². The van der Waals surface area contributed by atoms with E-state index in [9.17, 15) is 9.59 Å². The second kappa shape index (κ2) is 7.00. The van der Waals surface area contributed by atoms with E-state index in [0.717, 1.165) is 23.4 Å². The van der Waals surface area contributed by atoms with E-state index in [1.54, 1.807) is 0 Å². The quantitative estimate of drug-likeness (QED) is 0.833. The fourth-order valence-electron chi connectivity index (χ4n) is 3.09. The third kappa shape index (κ3) is 3.26. The van der Waals surface area contributed by atoms with Crippen molar-refractivity contribution in [1.29, 1.82) is 0 Å². The van der Waals surface area contributed by atoms with Gasteiger partial charge in [-0.05, 0) is 31.9 Å².